The standard InChI is InChI=1S/C15H21F2N/c1-4-9-18-15(8-5-11(2)3)13-7-6-12(16)10-14(13)17/h6-7,10,15,18H,2,4-5,8-9H2,1,3H3. The highest BCUT2D eigenvalue weighted by molar-refractivity contribution is 5.22. The summed E-state index contributed by atoms with van der Waals surface area (Å²) in [5.74, 6) is -1.02. The first-order valence-corrected chi connectivity index (χ1v) is 6.37. The number of rotatable bonds is 7. The summed E-state index contributed by atoms with van der Waals surface area (Å²) in [6, 6.07) is 3.69. The molecule has 0 aliphatic heterocycles. The Bertz CT molecular complexity index is 401. The van der Waals surface area contributed by atoms with Gasteiger partial charge in [-0.3, -0.25) is 0 Å². The molecule has 18 heavy (non-hydrogen) atoms. The van der Waals surface area contributed by atoms with E-state index < -0.39 is 11.6 Å². The molecule has 1 nitrogen and oxygen atoms in total. The van der Waals surface area contributed by atoms with E-state index in [1.807, 2.05) is 6.92 Å². The molecule has 0 bridgehead atoms. The predicted molar refractivity (Wildman–Crippen MR) is 71.4 cm³/mol. The van der Waals surface area contributed by atoms with Crippen molar-refractivity contribution < 1.29 is 8.78 Å². The van der Waals surface area contributed by atoms with Crippen molar-refractivity contribution in [2.24, 2.45) is 0 Å². The third-order valence-electron chi connectivity index (χ3n) is 2.84. The van der Waals surface area contributed by atoms with E-state index in [-0.39, 0.29) is 6.04 Å². The summed E-state index contributed by atoms with van der Waals surface area (Å²) in [4.78, 5) is 0. The number of allylic oxidation sites excluding steroid dienone is 1. The van der Waals surface area contributed by atoms with Crippen LogP contribution < -0.4 is 5.32 Å². The SMILES string of the molecule is C=C(C)CCC(NCCC)c1ccc(F)cc1F. The minimum atomic E-state index is -0.537. The zero-order valence-electron chi connectivity index (χ0n) is 11.1. The molecule has 1 aromatic rings. The number of hydrogen-bond acceptors (Lipinski definition) is 1. The van der Waals surface area contributed by atoms with Gasteiger partial charge in [0.2, 0.25) is 0 Å². The summed E-state index contributed by atoms with van der Waals surface area (Å²) in [7, 11) is 0. The molecule has 0 spiro atoms. The Morgan fingerprint density at radius 3 is 2.67 bits per heavy atom. The van der Waals surface area contributed by atoms with Crippen molar-refractivity contribution in [2.45, 2.75) is 39.2 Å². The molecule has 3 heteroatoms. The van der Waals surface area contributed by atoms with E-state index in [1.165, 1.54) is 12.1 Å². The molecule has 0 amide bonds. The first-order chi connectivity index (χ1) is 8.54. The number of halogens is 2. The maximum Gasteiger partial charge on any atom is 0.130 e. The van der Waals surface area contributed by atoms with Crippen LogP contribution in [0.25, 0.3) is 0 Å². The van der Waals surface area contributed by atoms with Gasteiger partial charge < -0.3 is 5.32 Å². The lowest BCUT2D eigenvalue weighted by atomic mass is 9.99. The van der Waals surface area contributed by atoms with Crippen molar-refractivity contribution in [1.82, 2.24) is 5.32 Å². The Hall–Kier alpha value is -1.22. The van der Waals surface area contributed by atoms with Gasteiger partial charge in [0.1, 0.15) is 11.6 Å². The molecular weight excluding hydrogens is 232 g/mol. The number of nitrogens with one attached hydrogen (secondary N) is 1. The maximum atomic E-state index is 13.7. The van der Waals surface area contributed by atoms with E-state index in [0.29, 0.717) is 5.56 Å². The van der Waals surface area contributed by atoms with Crippen molar-refractivity contribution in [2.75, 3.05) is 6.54 Å². The molecule has 1 aromatic carbocycles. The Labute approximate surface area is 108 Å². The van der Waals surface area contributed by atoms with Crippen LogP contribution in [0.4, 0.5) is 8.78 Å². The third kappa shape index (κ3) is 4.57. The average molecular weight is 253 g/mol. The Morgan fingerprint density at radius 2 is 2.11 bits per heavy atom. The maximum absolute atomic E-state index is 13.7. The molecule has 0 aliphatic carbocycles. The summed E-state index contributed by atoms with van der Waals surface area (Å²) in [6.45, 7) is 8.69. The van der Waals surface area contributed by atoms with Crippen LogP contribution in [0, 0.1) is 11.6 Å². The average Bonchev–Trinajstić information content (AvgIpc) is 2.30. The second-order valence-corrected chi connectivity index (χ2v) is 4.67. The van der Waals surface area contributed by atoms with E-state index in [9.17, 15) is 8.78 Å². The van der Waals surface area contributed by atoms with Crippen molar-refractivity contribution in [3.8, 4) is 0 Å². The predicted octanol–water partition coefficient (Wildman–Crippen LogP) is 4.36. The lowest BCUT2D eigenvalue weighted by Crippen LogP contribution is -2.23. The van der Waals surface area contributed by atoms with Gasteiger partial charge in [-0.1, -0.05) is 18.6 Å². The van der Waals surface area contributed by atoms with Crippen LogP contribution in [0.15, 0.2) is 30.4 Å². The molecule has 0 radical (unpaired) electrons. The van der Waals surface area contributed by atoms with E-state index in [4.69, 9.17) is 0 Å². The fourth-order valence-corrected chi connectivity index (χ4v) is 1.86. The largest absolute Gasteiger partial charge is 0.310 e. The first kappa shape index (κ1) is 14.8. The highest BCUT2D eigenvalue weighted by Gasteiger charge is 2.15. The van der Waals surface area contributed by atoms with Crippen molar-refractivity contribution in [3.05, 3.63) is 47.5 Å². The topological polar surface area (TPSA) is 12.0 Å². The van der Waals surface area contributed by atoms with Crippen LogP contribution in [-0.4, -0.2) is 6.54 Å². The normalized spacial score (nSPS) is 12.4. The second-order valence-electron chi connectivity index (χ2n) is 4.67. The molecular formula is C15H21F2N. The van der Waals surface area contributed by atoms with Crippen LogP contribution in [0.5, 0.6) is 0 Å². The van der Waals surface area contributed by atoms with Gasteiger partial charge in [0.05, 0.1) is 0 Å². The van der Waals surface area contributed by atoms with Crippen LogP contribution in [-0.2, 0) is 0 Å². The number of benzene rings is 1. The first-order valence-electron chi connectivity index (χ1n) is 6.37. The van der Waals surface area contributed by atoms with Gasteiger partial charge in [-0.05, 0) is 38.8 Å². The van der Waals surface area contributed by atoms with Gasteiger partial charge in [0.25, 0.3) is 0 Å². The highest BCUT2D eigenvalue weighted by atomic mass is 19.1. The van der Waals surface area contributed by atoms with Crippen LogP contribution in [0.1, 0.15) is 44.7 Å². The minimum Gasteiger partial charge on any atom is -0.310 e. The summed E-state index contributed by atoms with van der Waals surface area (Å²) in [6.07, 6.45) is 2.59. The van der Waals surface area contributed by atoms with E-state index in [1.54, 1.807) is 0 Å². The van der Waals surface area contributed by atoms with Crippen molar-refractivity contribution in [3.63, 3.8) is 0 Å². The van der Waals surface area contributed by atoms with Gasteiger partial charge in [-0.15, -0.1) is 6.58 Å². The smallest absolute Gasteiger partial charge is 0.130 e. The lowest BCUT2D eigenvalue weighted by Gasteiger charge is -2.19. The monoisotopic (exact) mass is 253 g/mol. The lowest BCUT2D eigenvalue weighted by molar-refractivity contribution is 0.469. The summed E-state index contributed by atoms with van der Waals surface area (Å²) >= 11 is 0. The summed E-state index contributed by atoms with van der Waals surface area (Å²) in [5, 5.41) is 3.30. The molecule has 0 aliphatic rings. The van der Waals surface area contributed by atoms with Gasteiger partial charge in [-0.25, -0.2) is 8.78 Å². The van der Waals surface area contributed by atoms with E-state index in [2.05, 4.69) is 18.8 Å². The van der Waals surface area contributed by atoms with Gasteiger partial charge in [0.15, 0.2) is 0 Å². The molecule has 0 saturated heterocycles. The molecule has 1 atom stereocenters. The van der Waals surface area contributed by atoms with Crippen molar-refractivity contribution in [1.29, 1.82) is 0 Å². The molecule has 0 fully saturated rings. The highest BCUT2D eigenvalue weighted by Crippen LogP contribution is 2.23. The number of hydrogen-bond donors (Lipinski definition) is 1. The van der Waals surface area contributed by atoms with Gasteiger partial charge in [0, 0.05) is 17.7 Å². The van der Waals surface area contributed by atoms with Gasteiger partial charge in [-0.2, -0.15) is 0 Å². The van der Waals surface area contributed by atoms with Crippen molar-refractivity contribution >= 4 is 0 Å². The zero-order chi connectivity index (χ0) is 13.5. The third-order valence-corrected chi connectivity index (χ3v) is 2.84. The van der Waals surface area contributed by atoms with Gasteiger partial charge >= 0.3 is 0 Å². The quantitative estimate of drug-likeness (QED) is 0.712. The molecule has 1 rings (SSSR count). The van der Waals surface area contributed by atoms with Crippen LogP contribution in [0.2, 0.25) is 0 Å². The van der Waals surface area contributed by atoms with Crippen LogP contribution in [0.3, 0.4) is 0 Å². The summed E-state index contributed by atoms with van der Waals surface area (Å²) < 4.78 is 26.7. The molecule has 0 heterocycles. The van der Waals surface area contributed by atoms with E-state index >= 15 is 0 Å². The minimum absolute atomic E-state index is 0.0813. The Morgan fingerprint density at radius 1 is 1.39 bits per heavy atom. The molecule has 100 valence electrons. The molecule has 1 unspecified atom stereocenters. The molecule has 0 aromatic heterocycles. The zero-order valence-corrected chi connectivity index (χ0v) is 11.1. The van der Waals surface area contributed by atoms with Crippen LogP contribution >= 0.6 is 0 Å². The van der Waals surface area contributed by atoms with E-state index in [0.717, 1.165) is 37.4 Å². The fourth-order valence-electron chi connectivity index (χ4n) is 1.86. The fraction of sp³-hybridized carbons (Fsp3) is 0.467. The Balaban J connectivity index is 2.82. The molecule has 0 saturated carbocycles. The molecule has 1 N–H and O–H groups in total. The Kier molecular flexibility index (Phi) is 5.99. The second kappa shape index (κ2) is 7.27. The summed E-state index contributed by atoms with van der Waals surface area (Å²) in [5.41, 5.74) is 1.60.